The van der Waals surface area contributed by atoms with Crippen molar-refractivity contribution in [2.24, 2.45) is 0 Å². The van der Waals surface area contributed by atoms with Crippen LogP contribution in [0.5, 0.6) is 0 Å². The maximum atomic E-state index is 12.5. The van der Waals surface area contributed by atoms with Crippen molar-refractivity contribution >= 4 is 21.7 Å². The number of sulfone groups is 1. The number of hydrogen-bond acceptors (Lipinski definition) is 4. The number of carbonyl (C=O) groups excluding carboxylic acids is 1. The van der Waals surface area contributed by atoms with Gasteiger partial charge in [0, 0.05) is 6.54 Å². The first-order valence-corrected chi connectivity index (χ1v) is 9.13. The average molecular weight is 381 g/mol. The summed E-state index contributed by atoms with van der Waals surface area (Å²) in [5.74, 6) is -3.31. The third-order valence-corrected chi connectivity index (χ3v) is 4.91. The summed E-state index contributed by atoms with van der Waals surface area (Å²) < 4.78 is 61.0. The molecular weight excluding hydrogens is 363 g/mol. The molecule has 0 radical (unpaired) electrons. The molecule has 1 N–H and O–H groups in total. The van der Waals surface area contributed by atoms with Crippen LogP contribution >= 0.6 is 0 Å². The van der Waals surface area contributed by atoms with Gasteiger partial charge in [0.25, 0.3) is 0 Å². The van der Waals surface area contributed by atoms with Crippen molar-refractivity contribution in [3.63, 3.8) is 0 Å². The Bertz CT molecular complexity index is 714. The molecule has 0 atom stereocenters. The maximum Gasteiger partial charge on any atom is 0.416 e. The van der Waals surface area contributed by atoms with E-state index in [4.69, 9.17) is 5.11 Å². The van der Waals surface area contributed by atoms with Gasteiger partial charge >= 0.3 is 12.1 Å². The van der Waals surface area contributed by atoms with Crippen molar-refractivity contribution < 1.29 is 36.3 Å². The Labute approximate surface area is 143 Å². The van der Waals surface area contributed by atoms with Crippen LogP contribution in [0.25, 0.3) is 0 Å². The Morgan fingerprint density at radius 1 is 1.16 bits per heavy atom. The van der Waals surface area contributed by atoms with Gasteiger partial charge in [-0.25, -0.2) is 8.42 Å². The summed E-state index contributed by atoms with van der Waals surface area (Å²) in [6, 6.07) is 3.86. The van der Waals surface area contributed by atoms with Gasteiger partial charge in [0.05, 0.1) is 11.3 Å². The number of amides is 1. The van der Waals surface area contributed by atoms with Crippen molar-refractivity contribution in [1.82, 2.24) is 4.90 Å². The topological polar surface area (TPSA) is 91.8 Å². The van der Waals surface area contributed by atoms with Gasteiger partial charge < -0.3 is 10.0 Å². The van der Waals surface area contributed by atoms with Crippen LogP contribution in [0, 0.1) is 0 Å². The predicted octanol–water partition coefficient (Wildman–Crippen LogP) is 1.94. The van der Waals surface area contributed by atoms with E-state index in [0.717, 1.165) is 29.2 Å². The van der Waals surface area contributed by atoms with E-state index >= 15 is 0 Å². The summed E-state index contributed by atoms with van der Waals surface area (Å²) in [6.45, 7) is 0.575. The zero-order chi connectivity index (χ0) is 19.3. The van der Waals surface area contributed by atoms with Crippen LogP contribution in [0.4, 0.5) is 13.2 Å². The fourth-order valence-electron chi connectivity index (χ4n) is 2.08. The second-order valence-electron chi connectivity index (χ2n) is 5.43. The second-order valence-corrected chi connectivity index (χ2v) is 7.61. The summed E-state index contributed by atoms with van der Waals surface area (Å²) in [7, 11) is -3.66. The summed E-state index contributed by atoms with van der Waals surface area (Å²) >= 11 is 0. The molecule has 0 bridgehead atoms. The number of carbonyl (C=O) groups is 2. The lowest BCUT2D eigenvalue weighted by atomic mass is 10.1. The van der Waals surface area contributed by atoms with Gasteiger partial charge in [-0.15, -0.1) is 0 Å². The highest BCUT2D eigenvalue weighted by Crippen LogP contribution is 2.29. The number of alkyl halides is 3. The minimum absolute atomic E-state index is 0.208. The minimum atomic E-state index is -4.51. The molecule has 0 saturated heterocycles. The Hall–Kier alpha value is -2.10. The Kier molecular flexibility index (Phi) is 6.97. The van der Waals surface area contributed by atoms with Crippen molar-refractivity contribution in [3.05, 3.63) is 35.4 Å². The van der Waals surface area contributed by atoms with Gasteiger partial charge in [0.1, 0.15) is 12.3 Å². The molecule has 10 heteroatoms. The van der Waals surface area contributed by atoms with E-state index in [2.05, 4.69) is 0 Å². The molecule has 1 aromatic carbocycles. The van der Waals surface area contributed by atoms with Crippen molar-refractivity contribution in [3.8, 4) is 0 Å². The smallest absolute Gasteiger partial charge is 0.416 e. The predicted molar refractivity (Wildman–Crippen MR) is 83.4 cm³/mol. The highest BCUT2D eigenvalue weighted by molar-refractivity contribution is 7.92. The summed E-state index contributed by atoms with van der Waals surface area (Å²) in [6.07, 6.45) is -4.20. The third-order valence-electron chi connectivity index (χ3n) is 3.19. The molecule has 0 spiro atoms. The molecule has 140 valence electrons. The van der Waals surface area contributed by atoms with Gasteiger partial charge in [-0.3, -0.25) is 9.59 Å². The highest BCUT2D eigenvalue weighted by Gasteiger charge is 2.30. The molecule has 0 fully saturated rings. The van der Waals surface area contributed by atoms with Gasteiger partial charge in [-0.2, -0.15) is 13.2 Å². The lowest BCUT2D eigenvalue weighted by Crippen LogP contribution is -2.39. The van der Waals surface area contributed by atoms with Gasteiger partial charge in [-0.05, 0) is 24.1 Å². The Balaban J connectivity index is 2.92. The van der Waals surface area contributed by atoms with Crippen LogP contribution in [-0.4, -0.2) is 48.4 Å². The fraction of sp³-hybridized carbons (Fsp3) is 0.467. The van der Waals surface area contributed by atoms with E-state index in [-0.39, 0.29) is 17.9 Å². The van der Waals surface area contributed by atoms with Gasteiger partial charge in [-0.1, -0.05) is 19.1 Å². The monoisotopic (exact) mass is 381 g/mol. The summed E-state index contributed by atoms with van der Waals surface area (Å²) in [4.78, 5) is 23.8. The molecule has 0 aliphatic rings. The zero-order valence-electron chi connectivity index (χ0n) is 13.4. The molecular formula is C15H18F3NO5S. The van der Waals surface area contributed by atoms with E-state index in [9.17, 15) is 31.2 Å². The number of rotatable bonds is 8. The van der Waals surface area contributed by atoms with Crippen LogP contribution in [0.15, 0.2) is 24.3 Å². The van der Waals surface area contributed by atoms with Crippen molar-refractivity contribution in [1.29, 1.82) is 0 Å². The quantitative estimate of drug-likeness (QED) is 0.743. The minimum Gasteiger partial charge on any atom is -0.480 e. The first kappa shape index (κ1) is 20.9. The molecule has 1 rings (SSSR count). The number of carboxylic acid groups (broad SMARTS) is 1. The first-order chi connectivity index (χ1) is 11.4. The third kappa shape index (κ3) is 7.12. The number of nitrogens with zero attached hydrogens (tertiary/aromatic N) is 1. The van der Waals surface area contributed by atoms with E-state index in [0.29, 0.717) is 6.42 Å². The van der Waals surface area contributed by atoms with E-state index in [1.807, 2.05) is 0 Å². The fourth-order valence-corrected chi connectivity index (χ4v) is 3.40. The van der Waals surface area contributed by atoms with E-state index in [1.165, 1.54) is 0 Å². The number of benzene rings is 1. The van der Waals surface area contributed by atoms with Crippen molar-refractivity contribution in [2.45, 2.75) is 26.1 Å². The standard InChI is InChI=1S/C15H18F3NO5S/c1-2-7-25(23,24)10-13(20)19(9-14(21)22)8-11-3-5-12(6-4-11)15(16,17)18/h3-6H,2,7-10H2,1H3,(H,21,22). The Morgan fingerprint density at radius 3 is 2.16 bits per heavy atom. The molecule has 0 heterocycles. The molecule has 25 heavy (non-hydrogen) atoms. The number of halogens is 3. The molecule has 1 aromatic rings. The van der Waals surface area contributed by atoms with Crippen LogP contribution < -0.4 is 0 Å². The zero-order valence-corrected chi connectivity index (χ0v) is 14.2. The van der Waals surface area contributed by atoms with E-state index < -0.39 is 45.8 Å². The average Bonchev–Trinajstić information content (AvgIpc) is 2.45. The first-order valence-electron chi connectivity index (χ1n) is 7.30. The normalized spacial score (nSPS) is 12.0. The molecule has 6 nitrogen and oxygen atoms in total. The second kappa shape index (κ2) is 8.32. The summed E-state index contributed by atoms with van der Waals surface area (Å²) in [5.41, 5.74) is -0.617. The molecule has 0 aliphatic carbocycles. The molecule has 0 aliphatic heterocycles. The van der Waals surface area contributed by atoms with Crippen LogP contribution in [0.1, 0.15) is 24.5 Å². The molecule has 0 saturated carbocycles. The largest absolute Gasteiger partial charge is 0.480 e. The SMILES string of the molecule is CCCS(=O)(=O)CC(=O)N(CC(=O)O)Cc1ccc(C(F)(F)F)cc1. The lowest BCUT2D eigenvalue weighted by Gasteiger charge is -2.21. The molecule has 0 unspecified atom stereocenters. The van der Waals surface area contributed by atoms with Crippen LogP contribution in [-0.2, 0) is 32.1 Å². The number of hydrogen-bond donors (Lipinski definition) is 1. The Morgan fingerprint density at radius 2 is 1.72 bits per heavy atom. The van der Waals surface area contributed by atoms with Crippen molar-refractivity contribution in [2.75, 3.05) is 18.1 Å². The number of aliphatic carboxylic acids is 1. The highest BCUT2D eigenvalue weighted by atomic mass is 32.2. The molecule has 1 amide bonds. The van der Waals surface area contributed by atoms with E-state index in [1.54, 1.807) is 6.92 Å². The number of carboxylic acids is 1. The van der Waals surface area contributed by atoms with Crippen LogP contribution in [0.2, 0.25) is 0 Å². The van der Waals surface area contributed by atoms with Gasteiger partial charge in [0.2, 0.25) is 5.91 Å². The lowest BCUT2D eigenvalue weighted by molar-refractivity contribution is -0.143. The maximum absolute atomic E-state index is 12.5. The van der Waals surface area contributed by atoms with Crippen LogP contribution in [0.3, 0.4) is 0 Å². The molecule has 0 aromatic heterocycles. The summed E-state index contributed by atoms with van der Waals surface area (Å²) in [5, 5.41) is 8.87. The van der Waals surface area contributed by atoms with Gasteiger partial charge in [0.15, 0.2) is 9.84 Å².